The SMILES string of the molecule is Cc1nn(CC(=O)OCc2cccc(F)c2F)c(C)c1N. The highest BCUT2D eigenvalue weighted by molar-refractivity contribution is 5.69. The molecule has 2 aromatic rings. The molecular weight excluding hydrogens is 280 g/mol. The lowest BCUT2D eigenvalue weighted by Crippen LogP contribution is -2.16. The van der Waals surface area contributed by atoms with E-state index in [1.807, 2.05) is 0 Å². The van der Waals surface area contributed by atoms with Crippen LogP contribution in [0, 0.1) is 25.5 Å². The molecule has 0 fully saturated rings. The molecule has 0 aliphatic carbocycles. The van der Waals surface area contributed by atoms with E-state index in [4.69, 9.17) is 10.5 Å². The van der Waals surface area contributed by atoms with Gasteiger partial charge in [-0.3, -0.25) is 9.48 Å². The first-order valence-electron chi connectivity index (χ1n) is 6.28. The van der Waals surface area contributed by atoms with Crippen LogP contribution in [0.1, 0.15) is 17.0 Å². The lowest BCUT2D eigenvalue weighted by atomic mass is 10.2. The number of nitrogen functional groups attached to an aromatic ring is 1. The largest absolute Gasteiger partial charge is 0.459 e. The first-order chi connectivity index (χ1) is 9.90. The highest BCUT2D eigenvalue weighted by Crippen LogP contribution is 2.15. The molecule has 0 atom stereocenters. The van der Waals surface area contributed by atoms with Gasteiger partial charge in [0.15, 0.2) is 11.6 Å². The van der Waals surface area contributed by atoms with Crippen LogP contribution in [0.25, 0.3) is 0 Å². The van der Waals surface area contributed by atoms with Gasteiger partial charge in [0.05, 0.1) is 17.1 Å². The lowest BCUT2D eigenvalue weighted by Gasteiger charge is -2.07. The van der Waals surface area contributed by atoms with Gasteiger partial charge in [-0.2, -0.15) is 5.10 Å². The number of hydrogen-bond acceptors (Lipinski definition) is 4. The van der Waals surface area contributed by atoms with E-state index in [-0.39, 0.29) is 18.7 Å². The van der Waals surface area contributed by atoms with Crippen molar-refractivity contribution in [3.05, 3.63) is 46.8 Å². The monoisotopic (exact) mass is 295 g/mol. The molecule has 1 aromatic heterocycles. The number of esters is 1. The molecule has 1 heterocycles. The molecule has 0 saturated heterocycles. The quantitative estimate of drug-likeness (QED) is 0.877. The minimum Gasteiger partial charge on any atom is -0.459 e. The zero-order valence-electron chi connectivity index (χ0n) is 11.7. The zero-order chi connectivity index (χ0) is 15.6. The molecule has 112 valence electrons. The fourth-order valence-electron chi connectivity index (χ4n) is 1.85. The Morgan fingerprint density at radius 2 is 2.10 bits per heavy atom. The van der Waals surface area contributed by atoms with Gasteiger partial charge in [-0.25, -0.2) is 8.78 Å². The van der Waals surface area contributed by atoms with Crippen LogP contribution in [0.15, 0.2) is 18.2 Å². The number of hydrogen-bond donors (Lipinski definition) is 1. The van der Waals surface area contributed by atoms with Crippen molar-refractivity contribution in [3.63, 3.8) is 0 Å². The third kappa shape index (κ3) is 3.18. The van der Waals surface area contributed by atoms with E-state index < -0.39 is 17.6 Å². The maximum absolute atomic E-state index is 13.4. The van der Waals surface area contributed by atoms with Gasteiger partial charge >= 0.3 is 5.97 Å². The second-order valence-corrected chi connectivity index (χ2v) is 4.62. The predicted molar refractivity (Wildman–Crippen MR) is 72.3 cm³/mol. The second kappa shape index (κ2) is 5.90. The van der Waals surface area contributed by atoms with E-state index in [1.165, 1.54) is 16.8 Å². The van der Waals surface area contributed by atoms with Crippen LogP contribution < -0.4 is 5.73 Å². The Morgan fingerprint density at radius 1 is 1.38 bits per heavy atom. The number of aromatic nitrogens is 2. The van der Waals surface area contributed by atoms with Gasteiger partial charge in [-0.15, -0.1) is 0 Å². The highest BCUT2D eigenvalue weighted by Gasteiger charge is 2.14. The number of nitrogens with two attached hydrogens (primary N) is 1. The Labute approximate surface area is 120 Å². The van der Waals surface area contributed by atoms with Crippen molar-refractivity contribution in [2.75, 3.05) is 5.73 Å². The molecule has 0 aliphatic heterocycles. The number of benzene rings is 1. The Hall–Kier alpha value is -2.44. The molecule has 0 bridgehead atoms. The molecule has 0 saturated carbocycles. The van der Waals surface area contributed by atoms with Crippen molar-refractivity contribution in [2.24, 2.45) is 0 Å². The summed E-state index contributed by atoms with van der Waals surface area (Å²) < 4.78 is 32.7. The van der Waals surface area contributed by atoms with Gasteiger partial charge in [0.2, 0.25) is 0 Å². The fraction of sp³-hybridized carbons (Fsp3) is 0.286. The van der Waals surface area contributed by atoms with Crippen LogP contribution >= 0.6 is 0 Å². The molecule has 0 radical (unpaired) electrons. The molecule has 7 heteroatoms. The smallest absolute Gasteiger partial charge is 0.328 e. The third-order valence-electron chi connectivity index (χ3n) is 3.14. The number of anilines is 1. The summed E-state index contributed by atoms with van der Waals surface area (Å²) in [5, 5.41) is 4.09. The third-order valence-corrected chi connectivity index (χ3v) is 3.14. The summed E-state index contributed by atoms with van der Waals surface area (Å²) in [5.41, 5.74) is 7.52. The van der Waals surface area contributed by atoms with Crippen LogP contribution in [-0.2, 0) is 22.7 Å². The first kappa shape index (κ1) is 15.0. The molecule has 0 spiro atoms. The van der Waals surface area contributed by atoms with Crippen molar-refractivity contribution < 1.29 is 18.3 Å². The number of rotatable bonds is 4. The standard InChI is InChI=1S/C14H15F2N3O2/c1-8-14(17)9(2)19(18-8)6-12(20)21-7-10-4-3-5-11(15)13(10)16/h3-5H,6-7,17H2,1-2H3. The van der Waals surface area contributed by atoms with E-state index in [0.29, 0.717) is 17.1 Å². The first-order valence-corrected chi connectivity index (χ1v) is 6.28. The number of carbonyl (C=O) groups is 1. The summed E-state index contributed by atoms with van der Waals surface area (Å²) in [7, 11) is 0. The van der Waals surface area contributed by atoms with Crippen LogP contribution in [0.4, 0.5) is 14.5 Å². The van der Waals surface area contributed by atoms with Gasteiger partial charge in [0.25, 0.3) is 0 Å². The van der Waals surface area contributed by atoms with Crippen LogP contribution in [0.5, 0.6) is 0 Å². The van der Waals surface area contributed by atoms with Gasteiger partial charge in [-0.1, -0.05) is 12.1 Å². The zero-order valence-corrected chi connectivity index (χ0v) is 11.7. The van der Waals surface area contributed by atoms with Crippen molar-refractivity contribution in [3.8, 4) is 0 Å². The maximum Gasteiger partial charge on any atom is 0.328 e. The van der Waals surface area contributed by atoms with E-state index in [1.54, 1.807) is 13.8 Å². The van der Waals surface area contributed by atoms with Crippen molar-refractivity contribution in [2.45, 2.75) is 27.0 Å². The molecule has 0 aliphatic rings. The summed E-state index contributed by atoms with van der Waals surface area (Å²) in [6.07, 6.45) is 0. The Balaban J connectivity index is 1.99. The summed E-state index contributed by atoms with van der Waals surface area (Å²) in [6, 6.07) is 3.70. The van der Waals surface area contributed by atoms with E-state index in [9.17, 15) is 13.6 Å². The van der Waals surface area contributed by atoms with Crippen LogP contribution in [-0.4, -0.2) is 15.7 Å². The van der Waals surface area contributed by atoms with Crippen LogP contribution in [0.3, 0.4) is 0 Å². The van der Waals surface area contributed by atoms with Gasteiger partial charge in [-0.05, 0) is 19.9 Å². The number of carbonyl (C=O) groups excluding carboxylic acids is 1. The van der Waals surface area contributed by atoms with Crippen molar-refractivity contribution in [1.29, 1.82) is 0 Å². The molecular formula is C14H15F2N3O2. The molecule has 2 rings (SSSR count). The maximum atomic E-state index is 13.4. The topological polar surface area (TPSA) is 70.1 Å². The van der Waals surface area contributed by atoms with Crippen molar-refractivity contribution >= 4 is 11.7 Å². The summed E-state index contributed by atoms with van der Waals surface area (Å²) in [6.45, 7) is 2.99. The minimum atomic E-state index is -1.01. The minimum absolute atomic E-state index is 0.0174. The van der Waals surface area contributed by atoms with Gasteiger partial charge in [0, 0.05) is 5.56 Å². The number of nitrogens with zero attached hydrogens (tertiary/aromatic N) is 2. The second-order valence-electron chi connectivity index (χ2n) is 4.62. The molecule has 0 unspecified atom stereocenters. The van der Waals surface area contributed by atoms with Gasteiger partial charge in [0.1, 0.15) is 13.2 Å². The molecule has 5 nitrogen and oxygen atoms in total. The summed E-state index contributed by atoms with van der Waals surface area (Å²) in [5.74, 6) is -2.60. The lowest BCUT2D eigenvalue weighted by molar-refractivity contribution is -0.146. The normalized spacial score (nSPS) is 10.7. The number of ether oxygens (including phenoxy) is 1. The summed E-state index contributed by atoms with van der Waals surface area (Å²) in [4.78, 5) is 11.7. The van der Waals surface area contributed by atoms with E-state index >= 15 is 0 Å². The van der Waals surface area contributed by atoms with E-state index in [2.05, 4.69) is 5.10 Å². The Morgan fingerprint density at radius 3 is 2.71 bits per heavy atom. The molecule has 0 amide bonds. The van der Waals surface area contributed by atoms with Crippen LogP contribution in [0.2, 0.25) is 0 Å². The molecule has 21 heavy (non-hydrogen) atoms. The van der Waals surface area contributed by atoms with Gasteiger partial charge < -0.3 is 10.5 Å². The average Bonchev–Trinajstić information content (AvgIpc) is 2.68. The number of aryl methyl sites for hydroxylation is 1. The molecule has 2 N–H and O–H groups in total. The number of halogens is 2. The Kier molecular flexibility index (Phi) is 4.21. The fourth-order valence-corrected chi connectivity index (χ4v) is 1.85. The predicted octanol–water partition coefficient (Wildman–Crippen LogP) is 2.10. The highest BCUT2D eigenvalue weighted by atomic mass is 19.2. The van der Waals surface area contributed by atoms with Crippen molar-refractivity contribution in [1.82, 2.24) is 9.78 Å². The Bertz CT molecular complexity index is 683. The molecule has 1 aromatic carbocycles. The van der Waals surface area contributed by atoms with E-state index in [0.717, 1.165) is 6.07 Å². The summed E-state index contributed by atoms with van der Waals surface area (Å²) >= 11 is 0. The average molecular weight is 295 g/mol.